The molecule has 0 unspecified atom stereocenters. The van der Waals surface area contributed by atoms with Crippen molar-refractivity contribution in [3.8, 4) is 0 Å². The van der Waals surface area contributed by atoms with Gasteiger partial charge in [0.05, 0.1) is 10.7 Å². The summed E-state index contributed by atoms with van der Waals surface area (Å²) < 4.78 is 4.93. The van der Waals surface area contributed by atoms with Gasteiger partial charge in [0.25, 0.3) is 0 Å². The zero-order valence-electron chi connectivity index (χ0n) is 4.67. The second-order valence-corrected chi connectivity index (χ2v) is 3.31. The molecule has 1 aromatic rings. The van der Waals surface area contributed by atoms with Crippen molar-refractivity contribution >= 4 is 27.5 Å². The molecule has 0 spiro atoms. The van der Waals surface area contributed by atoms with Crippen LogP contribution >= 0.6 is 27.5 Å². The van der Waals surface area contributed by atoms with Crippen LogP contribution < -0.4 is 0 Å². The molecule has 0 amide bonds. The molecular formula is C5H6BrNOS. The van der Waals surface area contributed by atoms with Crippen LogP contribution in [-0.4, -0.2) is 16.1 Å². The van der Waals surface area contributed by atoms with E-state index in [1.54, 1.807) is 6.20 Å². The summed E-state index contributed by atoms with van der Waals surface area (Å²) in [6, 6.07) is 0. The summed E-state index contributed by atoms with van der Waals surface area (Å²) in [4.78, 5) is 1.11. The second-order valence-electron chi connectivity index (χ2n) is 1.57. The molecule has 2 nitrogen and oxygen atoms in total. The fourth-order valence-electron chi connectivity index (χ4n) is 0.518. The maximum atomic E-state index is 8.52. The number of rotatable bonds is 2. The third kappa shape index (κ3) is 1.74. The van der Waals surface area contributed by atoms with Crippen LogP contribution in [0.3, 0.4) is 0 Å². The molecule has 0 atom stereocenters. The van der Waals surface area contributed by atoms with E-state index in [9.17, 15) is 0 Å². The predicted octanol–water partition coefficient (Wildman–Crippen LogP) is 1.44. The van der Waals surface area contributed by atoms with Crippen LogP contribution in [0.2, 0.25) is 0 Å². The third-order valence-electron chi connectivity index (χ3n) is 0.934. The summed E-state index contributed by atoms with van der Waals surface area (Å²) in [5.74, 6) is 0. The minimum Gasteiger partial charge on any atom is -0.396 e. The summed E-state index contributed by atoms with van der Waals surface area (Å²) in [5.41, 5.74) is 0. The van der Waals surface area contributed by atoms with Crippen molar-refractivity contribution in [3.63, 3.8) is 0 Å². The SMILES string of the molecule is OCCc1sncc1Br. The van der Waals surface area contributed by atoms with Gasteiger partial charge in [-0.3, -0.25) is 0 Å². The average molecular weight is 208 g/mol. The van der Waals surface area contributed by atoms with Gasteiger partial charge in [0.2, 0.25) is 0 Å². The summed E-state index contributed by atoms with van der Waals surface area (Å²) in [7, 11) is 0. The first kappa shape index (κ1) is 7.18. The first-order chi connectivity index (χ1) is 4.34. The zero-order valence-corrected chi connectivity index (χ0v) is 7.07. The maximum Gasteiger partial charge on any atom is 0.0552 e. The van der Waals surface area contributed by atoms with Crippen LogP contribution in [-0.2, 0) is 6.42 Å². The standard InChI is InChI=1S/C5H6BrNOS/c6-4-3-7-9-5(4)1-2-8/h3,8H,1-2H2. The largest absolute Gasteiger partial charge is 0.396 e. The Balaban J connectivity index is 2.69. The topological polar surface area (TPSA) is 33.1 Å². The van der Waals surface area contributed by atoms with Crippen molar-refractivity contribution in [2.75, 3.05) is 6.61 Å². The zero-order chi connectivity index (χ0) is 6.69. The van der Waals surface area contributed by atoms with E-state index in [0.717, 1.165) is 9.35 Å². The van der Waals surface area contributed by atoms with E-state index in [2.05, 4.69) is 20.3 Å². The smallest absolute Gasteiger partial charge is 0.0552 e. The quantitative estimate of drug-likeness (QED) is 0.797. The van der Waals surface area contributed by atoms with Gasteiger partial charge in [0, 0.05) is 17.9 Å². The van der Waals surface area contributed by atoms with Crippen molar-refractivity contribution < 1.29 is 5.11 Å². The van der Waals surface area contributed by atoms with E-state index in [0.29, 0.717) is 6.42 Å². The van der Waals surface area contributed by atoms with Gasteiger partial charge in [0.1, 0.15) is 0 Å². The molecule has 1 aromatic heterocycles. The maximum absolute atomic E-state index is 8.52. The molecule has 50 valence electrons. The highest BCUT2D eigenvalue weighted by Crippen LogP contribution is 2.19. The first-order valence-electron chi connectivity index (χ1n) is 2.54. The lowest BCUT2D eigenvalue weighted by atomic mass is 10.4. The third-order valence-corrected chi connectivity index (χ3v) is 2.74. The summed E-state index contributed by atoms with van der Waals surface area (Å²) in [6.07, 6.45) is 2.45. The lowest BCUT2D eigenvalue weighted by Crippen LogP contribution is -1.85. The fraction of sp³-hybridized carbons (Fsp3) is 0.400. The highest BCUT2D eigenvalue weighted by molar-refractivity contribution is 9.10. The molecule has 0 radical (unpaired) electrons. The van der Waals surface area contributed by atoms with E-state index in [1.807, 2.05) is 0 Å². The first-order valence-corrected chi connectivity index (χ1v) is 4.11. The van der Waals surface area contributed by atoms with Crippen molar-refractivity contribution in [2.45, 2.75) is 6.42 Å². The van der Waals surface area contributed by atoms with E-state index in [-0.39, 0.29) is 6.61 Å². The minimum absolute atomic E-state index is 0.195. The molecule has 4 heteroatoms. The average Bonchev–Trinajstić information content (AvgIpc) is 2.18. The normalized spacial score (nSPS) is 10.0. The Morgan fingerprint density at radius 1 is 1.78 bits per heavy atom. The molecule has 0 bridgehead atoms. The monoisotopic (exact) mass is 207 g/mol. The molecule has 1 heterocycles. The second kappa shape index (κ2) is 3.29. The molecule has 0 fully saturated rings. The number of halogens is 1. The highest BCUT2D eigenvalue weighted by atomic mass is 79.9. The van der Waals surface area contributed by atoms with Crippen LogP contribution in [0.15, 0.2) is 10.7 Å². The molecule has 9 heavy (non-hydrogen) atoms. The highest BCUT2D eigenvalue weighted by Gasteiger charge is 1.99. The van der Waals surface area contributed by atoms with Gasteiger partial charge >= 0.3 is 0 Å². The number of hydrogen-bond acceptors (Lipinski definition) is 3. The minimum atomic E-state index is 0.195. The Morgan fingerprint density at radius 2 is 2.56 bits per heavy atom. The summed E-state index contributed by atoms with van der Waals surface area (Å²) in [6.45, 7) is 0.195. The Labute approximate surface area is 65.8 Å². The van der Waals surface area contributed by atoms with Gasteiger partial charge in [-0.2, -0.15) is 4.37 Å². The lowest BCUT2D eigenvalue weighted by Gasteiger charge is -1.88. The van der Waals surface area contributed by atoms with Crippen molar-refractivity contribution in [3.05, 3.63) is 15.5 Å². The van der Waals surface area contributed by atoms with E-state index < -0.39 is 0 Å². The fourth-order valence-corrected chi connectivity index (χ4v) is 1.78. The van der Waals surface area contributed by atoms with Gasteiger partial charge < -0.3 is 5.11 Å². The van der Waals surface area contributed by atoms with Crippen molar-refractivity contribution in [2.24, 2.45) is 0 Å². The molecule has 0 saturated carbocycles. The van der Waals surface area contributed by atoms with Crippen molar-refractivity contribution in [1.29, 1.82) is 0 Å². The van der Waals surface area contributed by atoms with E-state index >= 15 is 0 Å². The van der Waals surface area contributed by atoms with Gasteiger partial charge in [0.15, 0.2) is 0 Å². The van der Waals surface area contributed by atoms with Crippen LogP contribution in [0.25, 0.3) is 0 Å². The van der Waals surface area contributed by atoms with E-state index in [4.69, 9.17) is 5.11 Å². The number of aromatic nitrogens is 1. The van der Waals surface area contributed by atoms with Crippen LogP contribution in [0, 0.1) is 0 Å². The van der Waals surface area contributed by atoms with Gasteiger partial charge in [-0.05, 0) is 27.5 Å². The Bertz CT molecular complexity index is 189. The summed E-state index contributed by atoms with van der Waals surface area (Å²) in [5, 5.41) is 8.52. The van der Waals surface area contributed by atoms with Gasteiger partial charge in [-0.25, -0.2) is 0 Å². The molecule has 0 aromatic carbocycles. The van der Waals surface area contributed by atoms with Gasteiger partial charge in [-0.1, -0.05) is 0 Å². The predicted molar refractivity (Wildman–Crippen MR) is 40.6 cm³/mol. The molecular weight excluding hydrogens is 202 g/mol. The Hall–Kier alpha value is 0.0700. The molecule has 1 rings (SSSR count). The van der Waals surface area contributed by atoms with Crippen LogP contribution in [0.1, 0.15) is 4.88 Å². The number of aliphatic hydroxyl groups excluding tert-OH is 1. The number of nitrogens with zero attached hydrogens (tertiary/aromatic N) is 1. The van der Waals surface area contributed by atoms with Gasteiger partial charge in [-0.15, -0.1) is 0 Å². The Kier molecular flexibility index (Phi) is 2.63. The molecule has 0 aliphatic carbocycles. The molecule has 0 aliphatic rings. The summed E-state index contributed by atoms with van der Waals surface area (Å²) >= 11 is 4.72. The molecule has 0 saturated heterocycles. The number of aliphatic hydroxyl groups is 1. The van der Waals surface area contributed by atoms with Crippen LogP contribution in [0.4, 0.5) is 0 Å². The number of hydrogen-bond donors (Lipinski definition) is 1. The molecule has 0 aliphatic heterocycles. The van der Waals surface area contributed by atoms with E-state index in [1.165, 1.54) is 11.5 Å². The lowest BCUT2D eigenvalue weighted by molar-refractivity contribution is 0.300. The van der Waals surface area contributed by atoms with Crippen molar-refractivity contribution in [1.82, 2.24) is 4.37 Å². The Morgan fingerprint density at radius 3 is 3.00 bits per heavy atom. The molecule has 1 N–H and O–H groups in total. The van der Waals surface area contributed by atoms with Crippen LogP contribution in [0.5, 0.6) is 0 Å².